The summed E-state index contributed by atoms with van der Waals surface area (Å²) in [6.07, 6.45) is 0.839. The first kappa shape index (κ1) is 16.8. The maximum atomic E-state index is 12.3. The van der Waals surface area contributed by atoms with E-state index in [1.807, 2.05) is 12.1 Å². The molecule has 0 saturated carbocycles. The van der Waals surface area contributed by atoms with Crippen LogP contribution >= 0.6 is 15.9 Å². The lowest BCUT2D eigenvalue weighted by Crippen LogP contribution is -2.04. The van der Waals surface area contributed by atoms with E-state index in [1.54, 1.807) is 12.1 Å². The van der Waals surface area contributed by atoms with E-state index in [2.05, 4.69) is 26.0 Å². The zero-order valence-corrected chi connectivity index (χ0v) is 14.3. The van der Waals surface area contributed by atoms with Crippen molar-refractivity contribution in [1.29, 1.82) is 0 Å². The van der Waals surface area contributed by atoms with Crippen LogP contribution in [0, 0.1) is 0 Å². The molecule has 1 aliphatic heterocycles. The van der Waals surface area contributed by atoms with Gasteiger partial charge in [-0.05, 0) is 45.8 Å². The number of anilines is 1. The van der Waals surface area contributed by atoms with E-state index >= 15 is 0 Å². The number of hydrogen-bond acceptors (Lipinski definition) is 4. The topological polar surface area (TPSA) is 39.7 Å². The second kappa shape index (κ2) is 7.70. The van der Waals surface area contributed by atoms with Crippen LogP contribution in [0.3, 0.4) is 0 Å². The molecule has 0 atom stereocenters. The number of benzene rings is 2. The van der Waals surface area contributed by atoms with Crippen LogP contribution in [0.1, 0.15) is 12.0 Å². The van der Waals surface area contributed by atoms with E-state index in [9.17, 15) is 8.78 Å². The van der Waals surface area contributed by atoms with Gasteiger partial charge in [-0.2, -0.15) is 8.78 Å². The molecule has 2 aromatic rings. The van der Waals surface area contributed by atoms with E-state index in [-0.39, 0.29) is 5.75 Å². The van der Waals surface area contributed by atoms with Gasteiger partial charge in [-0.15, -0.1) is 0 Å². The van der Waals surface area contributed by atoms with Crippen LogP contribution < -0.4 is 19.5 Å². The summed E-state index contributed by atoms with van der Waals surface area (Å²) >= 11 is 3.50. The van der Waals surface area contributed by atoms with Gasteiger partial charge in [0.1, 0.15) is 5.75 Å². The van der Waals surface area contributed by atoms with Gasteiger partial charge in [-0.25, -0.2) is 0 Å². The number of hydrogen-bond donors (Lipinski definition) is 1. The summed E-state index contributed by atoms with van der Waals surface area (Å²) in [6, 6.07) is 10.3. The van der Waals surface area contributed by atoms with Crippen molar-refractivity contribution in [3.05, 3.63) is 46.4 Å². The highest BCUT2D eigenvalue weighted by Crippen LogP contribution is 2.38. The summed E-state index contributed by atoms with van der Waals surface area (Å²) in [7, 11) is 0. The minimum atomic E-state index is -2.84. The molecule has 3 rings (SSSR count). The van der Waals surface area contributed by atoms with Gasteiger partial charge in [0.25, 0.3) is 0 Å². The minimum absolute atomic E-state index is 0.120. The lowest BCUT2D eigenvalue weighted by molar-refractivity contribution is -0.0498. The third kappa shape index (κ3) is 4.29. The van der Waals surface area contributed by atoms with E-state index in [0.29, 0.717) is 36.9 Å². The van der Waals surface area contributed by atoms with Gasteiger partial charge in [0, 0.05) is 24.7 Å². The standard InChI is InChI=1S/C17H16BrF2NO3/c18-14-7-11(8-15-16(14)23-6-2-5-22-15)10-21-12-3-1-4-13(9-12)24-17(19)20/h1,3-4,7-9,17,21H,2,5-6,10H2. The predicted molar refractivity (Wildman–Crippen MR) is 90.1 cm³/mol. The number of alkyl halides is 2. The molecule has 2 aromatic carbocycles. The predicted octanol–water partition coefficient (Wildman–Crippen LogP) is 4.82. The highest BCUT2D eigenvalue weighted by atomic mass is 79.9. The Hall–Kier alpha value is -2.02. The number of halogens is 3. The molecule has 1 aliphatic rings. The van der Waals surface area contributed by atoms with Crippen LogP contribution in [-0.4, -0.2) is 19.8 Å². The van der Waals surface area contributed by atoms with Crippen molar-refractivity contribution in [2.75, 3.05) is 18.5 Å². The minimum Gasteiger partial charge on any atom is -0.490 e. The third-order valence-corrected chi connectivity index (χ3v) is 4.01. The van der Waals surface area contributed by atoms with Crippen molar-refractivity contribution in [2.45, 2.75) is 19.6 Å². The van der Waals surface area contributed by atoms with Crippen molar-refractivity contribution in [3.8, 4) is 17.2 Å². The molecular weight excluding hydrogens is 384 g/mol. The zero-order chi connectivity index (χ0) is 16.9. The SMILES string of the molecule is FC(F)Oc1cccc(NCc2cc(Br)c3c(c2)OCCCO3)c1. The van der Waals surface area contributed by atoms with Gasteiger partial charge < -0.3 is 19.5 Å². The summed E-state index contributed by atoms with van der Waals surface area (Å²) in [4.78, 5) is 0. The molecule has 0 aromatic heterocycles. The second-order valence-corrected chi connectivity index (χ2v) is 6.07. The Labute approximate surface area is 146 Å². The molecule has 1 N–H and O–H groups in total. The van der Waals surface area contributed by atoms with Gasteiger partial charge in [0.2, 0.25) is 0 Å². The van der Waals surface area contributed by atoms with Crippen LogP contribution in [0.25, 0.3) is 0 Å². The summed E-state index contributed by atoms with van der Waals surface area (Å²) in [5.74, 6) is 1.53. The molecule has 4 nitrogen and oxygen atoms in total. The lowest BCUT2D eigenvalue weighted by atomic mass is 10.2. The van der Waals surface area contributed by atoms with E-state index < -0.39 is 6.61 Å². The average molecular weight is 400 g/mol. The molecule has 0 radical (unpaired) electrons. The molecule has 1 heterocycles. The third-order valence-electron chi connectivity index (χ3n) is 3.42. The van der Waals surface area contributed by atoms with Crippen LogP contribution in [0.4, 0.5) is 14.5 Å². The summed E-state index contributed by atoms with van der Waals surface area (Å²) in [5.41, 5.74) is 1.67. The van der Waals surface area contributed by atoms with Gasteiger partial charge in [0.15, 0.2) is 11.5 Å². The number of nitrogens with one attached hydrogen (secondary N) is 1. The van der Waals surface area contributed by atoms with Crippen molar-refractivity contribution in [1.82, 2.24) is 0 Å². The van der Waals surface area contributed by atoms with Crippen molar-refractivity contribution in [2.24, 2.45) is 0 Å². The molecule has 128 valence electrons. The Morgan fingerprint density at radius 1 is 1.17 bits per heavy atom. The first-order chi connectivity index (χ1) is 11.6. The molecule has 0 fully saturated rings. The Morgan fingerprint density at radius 2 is 2.00 bits per heavy atom. The normalized spacial score (nSPS) is 13.5. The summed E-state index contributed by atoms with van der Waals surface area (Å²) < 4.78 is 41.1. The maximum absolute atomic E-state index is 12.3. The molecule has 0 amide bonds. The van der Waals surface area contributed by atoms with Crippen LogP contribution in [-0.2, 0) is 6.54 Å². The van der Waals surface area contributed by atoms with Gasteiger partial charge in [-0.1, -0.05) is 6.07 Å². The van der Waals surface area contributed by atoms with Gasteiger partial charge in [0.05, 0.1) is 17.7 Å². The molecule has 24 heavy (non-hydrogen) atoms. The van der Waals surface area contributed by atoms with E-state index in [4.69, 9.17) is 9.47 Å². The Balaban J connectivity index is 1.71. The molecule has 0 spiro atoms. The van der Waals surface area contributed by atoms with Crippen LogP contribution in [0.15, 0.2) is 40.9 Å². The smallest absolute Gasteiger partial charge is 0.387 e. The molecule has 7 heteroatoms. The maximum Gasteiger partial charge on any atom is 0.387 e. The molecular formula is C17H16BrF2NO3. The molecule has 0 saturated heterocycles. The zero-order valence-electron chi connectivity index (χ0n) is 12.7. The fourth-order valence-electron chi connectivity index (χ4n) is 2.37. The largest absolute Gasteiger partial charge is 0.490 e. The van der Waals surface area contributed by atoms with Crippen molar-refractivity contribution in [3.63, 3.8) is 0 Å². The second-order valence-electron chi connectivity index (χ2n) is 5.22. The highest BCUT2D eigenvalue weighted by Gasteiger charge is 2.15. The highest BCUT2D eigenvalue weighted by molar-refractivity contribution is 9.10. The lowest BCUT2D eigenvalue weighted by Gasteiger charge is -2.13. The van der Waals surface area contributed by atoms with Crippen molar-refractivity contribution >= 4 is 21.6 Å². The fourth-order valence-corrected chi connectivity index (χ4v) is 2.98. The fraction of sp³-hybridized carbons (Fsp3) is 0.294. The Bertz CT molecular complexity index is 712. The Morgan fingerprint density at radius 3 is 2.83 bits per heavy atom. The molecule has 0 bridgehead atoms. The quantitative estimate of drug-likeness (QED) is 0.781. The van der Waals surface area contributed by atoms with Gasteiger partial charge in [-0.3, -0.25) is 0 Å². The number of ether oxygens (including phenoxy) is 3. The monoisotopic (exact) mass is 399 g/mol. The summed E-state index contributed by atoms with van der Waals surface area (Å²) in [6.45, 7) is -1.09. The number of fused-ring (bicyclic) bond motifs is 1. The van der Waals surface area contributed by atoms with E-state index in [1.165, 1.54) is 12.1 Å². The van der Waals surface area contributed by atoms with Crippen LogP contribution in [0.5, 0.6) is 17.2 Å². The first-order valence-corrected chi connectivity index (χ1v) is 8.28. The average Bonchev–Trinajstić information content (AvgIpc) is 2.78. The van der Waals surface area contributed by atoms with Crippen LogP contribution in [0.2, 0.25) is 0 Å². The Kier molecular flexibility index (Phi) is 5.40. The van der Waals surface area contributed by atoms with Gasteiger partial charge >= 0.3 is 6.61 Å². The van der Waals surface area contributed by atoms with Crippen molar-refractivity contribution < 1.29 is 23.0 Å². The summed E-state index contributed by atoms with van der Waals surface area (Å²) in [5, 5.41) is 3.18. The molecule has 0 unspecified atom stereocenters. The number of rotatable bonds is 5. The van der Waals surface area contributed by atoms with E-state index in [0.717, 1.165) is 16.5 Å². The first-order valence-electron chi connectivity index (χ1n) is 7.48. The molecule has 0 aliphatic carbocycles.